The molecular weight excluding hydrogens is 512 g/mol. The number of alkyl carbamates (subject to hydrolysis) is 1. The van der Waals surface area contributed by atoms with Gasteiger partial charge in [0.15, 0.2) is 0 Å². The molecule has 2 aromatic carbocycles. The first kappa shape index (κ1) is 30.0. The number of nitrogens with one attached hydrogen (secondary N) is 2. The molecule has 0 radical (unpaired) electrons. The Morgan fingerprint density at radius 3 is 2.17 bits per heavy atom. The minimum Gasteiger partial charge on any atom is -0.497 e. The maximum atomic E-state index is 14.1. The van der Waals surface area contributed by atoms with Crippen molar-refractivity contribution in [3.8, 4) is 18.1 Å². The number of amides is 4. The summed E-state index contributed by atoms with van der Waals surface area (Å²) < 4.78 is 10.5. The van der Waals surface area contributed by atoms with Gasteiger partial charge in [-0.1, -0.05) is 18.1 Å². The first-order chi connectivity index (χ1) is 18.9. The average Bonchev–Trinajstić information content (AvgIpc) is 2.86. The van der Waals surface area contributed by atoms with Gasteiger partial charge >= 0.3 is 6.09 Å². The number of nitrogens with two attached hydrogens (primary N) is 1. The zero-order valence-corrected chi connectivity index (χ0v) is 23.2. The lowest BCUT2D eigenvalue weighted by Gasteiger charge is -2.43. The maximum absolute atomic E-state index is 14.1. The largest absolute Gasteiger partial charge is 0.497 e. The molecule has 10 nitrogen and oxygen atoms in total. The Kier molecular flexibility index (Phi) is 9.78. The third-order valence-electron chi connectivity index (χ3n) is 6.39. The second kappa shape index (κ2) is 13.0. The summed E-state index contributed by atoms with van der Waals surface area (Å²) in [4.78, 5) is 54.0. The van der Waals surface area contributed by atoms with Crippen molar-refractivity contribution in [2.24, 2.45) is 5.73 Å². The highest BCUT2D eigenvalue weighted by Crippen LogP contribution is 2.35. The Bertz CT molecular complexity index is 1260. The van der Waals surface area contributed by atoms with Gasteiger partial charge in [0.1, 0.15) is 23.4 Å². The Morgan fingerprint density at radius 1 is 1.07 bits per heavy atom. The van der Waals surface area contributed by atoms with Crippen LogP contribution in [0.25, 0.3) is 0 Å². The van der Waals surface area contributed by atoms with Gasteiger partial charge in [-0.3, -0.25) is 14.4 Å². The van der Waals surface area contributed by atoms with Gasteiger partial charge in [-0.2, -0.15) is 0 Å². The Balaban J connectivity index is 2.02. The molecule has 4 amide bonds. The summed E-state index contributed by atoms with van der Waals surface area (Å²) in [5.41, 5.74) is 6.24. The van der Waals surface area contributed by atoms with E-state index < -0.39 is 47.9 Å². The first-order valence-corrected chi connectivity index (χ1v) is 13.0. The highest BCUT2D eigenvalue weighted by Gasteiger charge is 2.42. The molecule has 10 heteroatoms. The molecule has 3 rings (SSSR count). The quantitative estimate of drug-likeness (QED) is 0.388. The predicted octanol–water partition coefficient (Wildman–Crippen LogP) is 3.51. The number of ether oxygens (including phenoxy) is 2. The number of primary amides is 1. The summed E-state index contributed by atoms with van der Waals surface area (Å²) in [6.45, 7) is 5.03. The van der Waals surface area contributed by atoms with Gasteiger partial charge in [0, 0.05) is 17.3 Å². The molecule has 2 atom stereocenters. The molecule has 0 heterocycles. The van der Waals surface area contributed by atoms with E-state index in [0.29, 0.717) is 35.4 Å². The molecule has 2 aromatic rings. The van der Waals surface area contributed by atoms with Crippen LogP contribution >= 0.6 is 0 Å². The van der Waals surface area contributed by atoms with E-state index in [-0.39, 0.29) is 6.04 Å². The van der Waals surface area contributed by atoms with Gasteiger partial charge in [0.25, 0.3) is 5.91 Å². The van der Waals surface area contributed by atoms with Crippen LogP contribution in [0.3, 0.4) is 0 Å². The van der Waals surface area contributed by atoms with Crippen LogP contribution in [0, 0.1) is 12.3 Å². The molecular formula is C30H36N4O6. The van der Waals surface area contributed by atoms with Gasteiger partial charge in [-0.25, -0.2) is 4.79 Å². The van der Waals surface area contributed by atoms with Crippen molar-refractivity contribution >= 4 is 29.5 Å². The van der Waals surface area contributed by atoms with Crippen LogP contribution in [0.15, 0.2) is 48.5 Å². The number of anilines is 1. The van der Waals surface area contributed by atoms with Gasteiger partial charge in [-0.15, -0.1) is 6.42 Å². The summed E-state index contributed by atoms with van der Waals surface area (Å²) in [5, 5.41) is 5.37. The lowest BCUT2D eigenvalue weighted by Crippen LogP contribution is -2.57. The fourth-order valence-electron chi connectivity index (χ4n) is 4.30. The topological polar surface area (TPSA) is 140 Å². The number of benzene rings is 2. The van der Waals surface area contributed by atoms with E-state index >= 15 is 0 Å². The lowest BCUT2D eigenvalue weighted by molar-refractivity contribution is -0.146. The smallest absolute Gasteiger partial charge is 0.408 e. The molecule has 0 aromatic heterocycles. The molecule has 0 spiro atoms. The first-order valence-electron chi connectivity index (χ1n) is 13.0. The van der Waals surface area contributed by atoms with Crippen LogP contribution in [0.4, 0.5) is 10.5 Å². The second-order valence-electron chi connectivity index (χ2n) is 10.6. The van der Waals surface area contributed by atoms with Crippen molar-refractivity contribution in [3.63, 3.8) is 0 Å². The van der Waals surface area contributed by atoms with Gasteiger partial charge < -0.3 is 30.7 Å². The van der Waals surface area contributed by atoms with Crippen molar-refractivity contribution < 1.29 is 28.7 Å². The number of carbonyl (C=O) groups excluding carboxylic acids is 4. The number of rotatable bonds is 10. The second-order valence-corrected chi connectivity index (χ2v) is 10.6. The van der Waals surface area contributed by atoms with Crippen molar-refractivity contribution in [2.45, 2.75) is 70.2 Å². The number of methoxy groups -OCH3 is 1. The fraction of sp³-hybridized carbons (Fsp3) is 0.400. The SMILES string of the molecule is C#Cc1ccc(C(C(=O)Nc2ccc(OC)cc2)N(C(=O)C(CC(N)=O)NC(=O)OC(C)(C)C)C2CCC2)cc1. The molecule has 0 bridgehead atoms. The van der Waals surface area contributed by atoms with E-state index in [1.54, 1.807) is 76.4 Å². The van der Waals surface area contributed by atoms with Gasteiger partial charge in [0.2, 0.25) is 11.8 Å². The van der Waals surface area contributed by atoms with Crippen molar-refractivity contribution in [3.05, 3.63) is 59.7 Å². The van der Waals surface area contributed by atoms with E-state index in [4.69, 9.17) is 21.6 Å². The molecule has 0 aliphatic heterocycles. The number of terminal acetylenes is 1. The summed E-state index contributed by atoms with van der Waals surface area (Å²) in [5.74, 6) is 1.27. The van der Waals surface area contributed by atoms with Crippen molar-refractivity contribution in [1.29, 1.82) is 0 Å². The van der Waals surface area contributed by atoms with E-state index in [9.17, 15) is 19.2 Å². The molecule has 212 valence electrons. The number of hydrogen-bond acceptors (Lipinski definition) is 6. The van der Waals surface area contributed by atoms with Gasteiger partial charge in [0.05, 0.1) is 13.5 Å². The van der Waals surface area contributed by atoms with E-state index in [0.717, 1.165) is 6.42 Å². The highest BCUT2D eigenvalue weighted by molar-refractivity contribution is 6.00. The summed E-state index contributed by atoms with van der Waals surface area (Å²) in [6.07, 6.45) is 6.34. The highest BCUT2D eigenvalue weighted by atomic mass is 16.6. The fourth-order valence-corrected chi connectivity index (χ4v) is 4.30. The lowest BCUT2D eigenvalue weighted by atomic mass is 9.87. The zero-order valence-electron chi connectivity index (χ0n) is 23.2. The summed E-state index contributed by atoms with van der Waals surface area (Å²) in [6, 6.07) is 10.8. The minimum atomic E-state index is -1.34. The van der Waals surface area contributed by atoms with Crippen LogP contribution < -0.4 is 21.1 Å². The van der Waals surface area contributed by atoms with Crippen LogP contribution in [0.2, 0.25) is 0 Å². The number of nitrogens with zero attached hydrogens (tertiary/aromatic N) is 1. The van der Waals surface area contributed by atoms with Gasteiger partial charge in [-0.05, 0) is 82.0 Å². The molecule has 40 heavy (non-hydrogen) atoms. The summed E-state index contributed by atoms with van der Waals surface area (Å²) in [7, 11) is 1.54. The predicted molar refractivity (Wildman–Crippen MR) is 150 cm³/mol. The standard InChI is InChI=1S/C30H36N4O6/c1-6-19-10-12-20(13-11-19)26(27(36)32-21-14-16-23(39-5)17-15-21)34(22-8-7-9-22)28(37)24(18-25(31)35)33-29(38)40-30(2,3)4/h1,10-17,22,24,26H,7-9,18H2,2-5H3,(H2,31,35)(H,32,36)(H,33,38). The van der Waals surface area contributed by atoms with Crippen LogP contribution in [-0.4, -0.2) is 53.5 Å². The monoisotopic (exact) mass is 548 g/mol. The molecule has 4 N–H and O–H groups in total. The van der Waals surface area contributed by atoms with E-state index in [1.165, 1.54) is 4.90 Å². The van der Waals surface area contributed by atoms with Crippen LogP contribution in [-0.2, 0) is 19.1 Å². The summed E-state index contributed by atoms with van der Waals surface area (Å²) >= 11 is 0. The average molecular weight is 549 g/mol. The molecule has 2 unspecified atom stereocenters. The number of carbonyl (C=O) groups is 4. The third-order valence-corrected chi connectivity index (χ3v) is 6.39. The third kappa shape index (κ3) is 7.99. The Hall–Kier alpha value is -4.52. The molecule has 0 saturated heterocycles. The Labute approximate surface area is 234 Å². The zero-order chi connectivity index (χ0) is 29.4. The molecule has 1 aliphatic rings. The normalized spacial score (nSPS) is 14.5. The minimum absolute atomic E-state index is 0.303. The Morgan fingerprint density at radius 2 is 1.70 bits per heavy atom. The molecule has 1 aliphatic carbocycles. The number of hydrogen-bond donors (Lipinski definition) is 3. The van der Waals surface area contributed by atoms with Crippen molar-refractivity contribution in [1.82, 2.24) is 10.2 Å². The van der Waals surface area contributed by atoms with E-state index in [2.05, 4.69) is 16.6 Å². The van der Waals surface area contributed by atoms with E-state index in [1.807, 2.05) is 0 Å². The van der Waals surface area contributed by atoms with Crippen molar-refractivity contribution in [2.75, 3.05) is 12.4 Å². The van der Waals surface area contributed by atoms with Crippen LogP contribution in [0.1, 0.15) is 63.6 Å². The maximum Gasteiger partial charge on any atom is 0.408 e. The molecule has 1 saturated carbocycles. The van der Waals surface area contributed by atoms with Crippen LogP contribution in [0.5, 0.6) is 5.75 Å². The molecule has 1 fully saturated rings.